The molecule has 1 aromatic heterocycles. The minimum Gasteiger partial charge on any atom is -0.343 e. The number of piperidine rings is 1. The summed E-state index contributed by atoms with van der Waals surface area (Å²) in [5.41, 5.74) is -3.77. The second kappa shape index (κ2) is 13.6. The molecule has 0 N–H and O–H groups in total. The van der Waals surface area contributed by atoms with Gasteiger partial charge in [0.05, 0.1) is 5.01 Å². The number of halogens is 4. The number of carbonyl (C=O) groups is 3. The number of Topliss-reactive ketones (excluding diaryl/α,β-unsaturated/α-hetero) is 2. The van der Waals surface area contributed by atoms with Gasteiger partial charge in [0, 0.05) is 46.9 Å². The summed E-state index contributed by atoms with van der Waals surface area (Å²) in [6.07, 6.45) is 6.56. The van der Waals surface area contributed by atoms with Crippen molar-refractivity contribution in [1.82, 2.24) is 9.88 Å². The van der Waals surface area contributed by atoms with Crippen molar-refractivity contribution in [3.8, 4) is 11.3 Å². The Hall–Kier alpha value is -2.95. The van der Waals surface area contributed by atoms with Gasteiger partial charge in [-0.05, 0) is 73.0 Å². The summed E-state index contributed by atoms with van der Waals surface area (Å²) in [7, 11) is 0. The lowest BCUT2D eigenvalue weighted by Gasteiger charge is -2.36. The number of thioether (sulfide) groups is 1. The third-order valence-electron chi connectivity index (χ3n) is 8.76. The lowest BCUT2D eigenvalue weighted by atomic mass is 9.69. The van der Waals surface area contributed by atoms with E-state index in [1.54, 1.807) is 41.3 Å². The topological polar surface area (TPSA) is 67.3 Å². The van der Waals surface area contributed by atoms with Crippen LogP contribution in [0, 0.1) is 5.41 Å². The van der Waals surface area contributed by atoms with Crippen LogP contribution < -0.4 is 0 Å². The number of allylic oxidation sites excluding steroid dienone is 2. The molecular weight excluding hydrogens is 653 g/mol. The van der Waals surface area contributed by atoms with Crippen molar-refractivity contribution in [1.29, 1.82) is 0 Å². The Morgan fingerprint density at radius 1 is 1.04 bits per heavy atom. The fraction of sp³-hybridized carbons (Fsp3) is 0.429. The number of amides is 1. The maximum absolute atomic E-state index is 13.6. The van der Waals surface area contributed by atoms with E-state index in [-0.39, 0.29) is 40.3 Å². The van der Waals surface area contributed by atoms with E-state index in [2.05, 4.69) is 0 Å². The Morgan fingerprint density at radius 3 is 2.35 bits per heavy atom. The van der Waals surface area contributed by atoms with Crippen molar-refractivity contribution in [2.24, 2.45) is 5.41 Å². The maximum atomic E-state index is 13.6. The van der Waals surface area contributed by atoms with Gasteiger partial charge in [-0.1, -0.05) is 74.9 Å². The van der Waals surface area contributed by atoms with Crippen LogP contribution in [0.5, 0.6) is 0 Å². The molecule has 0 bridgehead atoms. The number of alkyl halides is 3. The number of rotatable bonds is 8. The Kier molecular flexibility index (Phi) is 10.2. The second-order valence-electron chi connectivity index (χ2n) is 13.1. The van der Waals surface area contributed by atoms with Crippen LogP contribution in [-0.2, 0) is 15.0 Å². The van der Waals surface area contributed by atoms with Crippen molar-refractivity contribution >= 4 is 52.2 Å². The Bertz CT molecular complexity index is 1640. The molecule has 0 spiro atoms. The molecule has 1 atom stereocenters. The molecule has 0 saturated carbocycles. The molecule has 5 rings (SSSR count). The number of aromatic nitrogens is 1. The van der Waals surface area contributed by atoms with Gasteiger partial charge in [-0.15, -0.1) is 11.3 Å². The number of thiazole rings is 1. The van der Waals surface area contributed by atoms with E-state index < -0.39 is 22.5 Å². The highest BCUT2D eigenvalue weighted by atomic mass is 35.5. The second-order valence-corrected chi connectivity index (χ2v) is 15.8. The summed E-state index contributed by atoms with van der Waals surface area (Å²) < 4.78 is 40.2. The van der Waals surface area contributed by atoms with Crippen LogP contribution in [0.3, 0.4) is 0 Å². The average molecular weight is 689 g/mol. The summed E-state index contributed by atoms with van der Waals surface area (Å²) in [5, 5.41) is 0.788. The van der Waals surface area contributed by atoms with Crippen molar-refractivity contribution < 1.29 is 27.6 Å². The molecule has 1 saturated heterocycles. The number of carbonyl (C=O) groups excluding carboxylic acids is 3. The van der Waals surface area contributed by atoms with Crippen LogP contribution in [0.2, 0.25) is 4.34 Å². The van der Waals surface area contributed by atoms with Crippen LogP contribution in [-0.4, -0.2) is 46.0 Å². The number of benzene rings is 2. The lowest BCUT2D eigenvalue weighted by molar-refractivity contribution is -0.139. The fourth-order valence-electron chi connectivity index (χ4n) is 6.11. The minimum absolute atomic E-state index is 0.0188. The standard InChI is InChI=1S/C35H36ClF3N2O3S2/c1-33(2,3)25-18-24(19-26(20-25)46-35(37,38)39)28-31(36)45-32(40-28)23-12-16-41(17-13-23)27(42)21-34(14-8-5-9-15-34)30(44)29(43)22-10-6-4-7-11-22/h4-8,10-11,18-20,23H,9,12-17,21H2,1-3H3. The fourth-order valence-corrected chi connectivity index (χ4v) is 8.12. The van der Waals surface area contributed by atoms with Crippen molar-refractivity contribution in [2.45, 2.75) is 81.0 Å². The van der Waals surface area contributed by atoms with Crippen molar-refractivity contribution in [3.63, 3.8) is 0 Å². The SMILES string of the molecule is CC(C)(C)c1cc(SC(F)(F)F)cc(-c2nc(C3CCN(C(=O)CC4(C(=O)C(=O)c5ccccc5)CC=CCC4)CC3)sc2Cl)c1. The van der Waals surface area contributed by atoms with Gasteiger partial charge in [-0.2, -0.15) is 13.2 Å². The van der Waals surface area contributed by atoms with Crippen LogP contribution in [0.25, 0.3) is 11.3 Å². The number of nitrogens with zero attached hydrogens (tertiary/aromatic N) is 2. The van der Waals surface area contributed by atoms with E-state index in [0.29, 0.717) is 66.4 Å². The summed E-state index contributed by atoms with van der Waals surface area (Å²) in [5.74, 6) is -1.18. The molecule has 2 heterocycles. The molecule has 2 aromatic carbocycles. The van der Waals surface area contributed by atoms with Gasteiger partial charge in [-0.25, -0.2) is 4.98 Å². The molecule has 2 aliphatic rings. The van der Waals surface area contributed by atoms with E-state index in [1.807, 2.05) is 39.0 Å². The third-order valence-corrected chi connectivity index (χ3v) is 10.9. The zero-order valence-electron chi connectivity index (χ0n) is 26.0. The molecule has 11 heteroatoms. The normalized spacial score (nSPS) is 19.3. The minimum atomic E-state index is -4.42. The third kappa shape index (κ3) is 7.94. The molecule has 1 aliphatic heterocycles. The van der Waals surface area contributed by atoms with Crippen molar-refractivity contribution in [2.75, 3.05) is 13.1 Å². The largest absolute Gasteiger partial charge is 0.446 e. The highest BCUT2D eigenvalue weighted by molar-refractivity contribution is 8.00. The first-order valence-electron chi connectivity index (χ1n) is 15.3. The van der Waals surface area contributed by atoms with Gasteiger partial charge in [-0.3, -0.25) is 14.4 Å². The molecule has 1 amide bonds. The highest BCUT2D eigenvalue weighted by Crippen LogP contribution is 2.44. The van der Waals surface area contributed by atoms with Gasteiger partial charge in [0.15, 0.2) is 0 Å². The quantitative estimate of drug-likeness (QED) is 0.102. The lowest BCUT2D eigenvalue weighted by Crippen LogP contribution is -2.45. The zero-order valence-corrected chi connectivity index (χ0v) is 28.3. The molecule has 0 radical (unpaired) electrons. The van der Waals surface area contributed by atoms with Gasteiger partial charge in [0.25, 0.3) is 0 Å². The number of likely N-dealkylation sites (tertiary alicyclic amines) is 1. The first-order valence-corrected chi connectivity index (χ1v) is 17.3. The smallest absolute Gasteiger partial charge is 0.343 e. The van der Waals surface area contributed by atoms with E-state index in [0.717, 1.165) is 10.6 Å². The predicted molar refractivity (Wildman–Crippen MR) is 178 cm³/mol. The van der Waals surface area contributed by atoms with Gasteiger partial charge in [0.1, 0.15) is 10.0 Å². The van der Waals surface area contributed by atoms with Crippen LogP contribution >= 0.6 is 34.7 Å². The molecule has 3 aromatic rings. The highest BCUT2D eigenvalue weighted by Gasteiger charge is 2.44. The Morgan fingerprint density at radius 2 is 1.74 bits per heavy atom. The first-order chi connectivity index (χ1) is 21.6. The maximum Gasteiger partial charge on any atom is 0.446 e. The summed E-state index contributed by atoms with van der Waals surface area (Å²) in [6.45, 7) is 6.77. The van der Waals surface area contributed by atoms with E-state index >= 15 is 0 Å². The van der Waals surface area contributed by atoms with Gasteiger partial charge in [0.2, 0.25) is 17.5 Å². The van der Waals surface area contributed by atoms with E-state index in [1.165, 1.54) is 17.4 Å². The molecule has 1 unspecified atom stereocenters. The summed E-state index contributed by atoms with van der Waals surface area (Å²) >= 11 is 7.82. The molecular formula is C35H36ClF3N2O3S2. The van der Waals surface area contributed by atoms with E-state index in [9.17, 15) is 27.6 Å². The summed E-state index contributed by atoms with van der Waals surface area (Å²) in [4.78, 5) is 46.9. The number of hydrogen-bond donors (Lipinski definition) is 0. The number of ketones is 2. The van der Waals surface area contributed by atoms with Gasteiger partial charge >= 0.3 is 5.51 Å². The molecule has 244 valence electrons. The monoisotopic (exact) mass is 688 g/mol. The average Bonchev–Trinajstić information content (AvgIpc) is 3.41. The molecule has 1 aliphatic carbocycles. The van der Waals surface area contributed by atoms with Crippen LogP contribution in [0.15, 0.2) is 65.6 Å². The summed E-state index contributed by atoms with van der Waals surface area (Å²) in [6, 6.07) is 13.4. The first kappa shape index (κ1) is 34.4. The van der Waals surface area contributed by atoms with Gasteiger partial charge < -0.3 is 4.90 Å². The van der Waals surface area contributed by atoms with E-state index in [4.69, 9.17) is 16.6 Å². The van der Waals surface area contributed by atoms with Crippen LogP contribution in [0.4, 0.5) is 13.2 Å². The molecule has 5 nitrogen and oxygen atoms in total. The number of hydrogen-bond acceptors (Lipinski definition) is 6. The molecule has 46 heavy (non-hydrogen) atoms. The van der Waals surface area contributed by atoms with Crippen molar-refractivity contribution in [3.05, 3.63) is 81.2 Å². The Balaban J connectivity index is 1.29. The molecule has 1 fully saturated rings. The van der Waals surface area contributed by atoms with Crippen LogP contribution in [0.1, 0.15) is 86.1 Å². The predicted octanol–water partition coefficient (Wildman–Crippen LogP) is 9.65. The zero-order chi connectivity index (χ0) is 33.3. The Labute approximate surface area is 280 Å².